The molecular formula is C23H30F2N3O8P. The lowest BCUT2D eigenvalue weighted by Crippen LogP contribution is -2.40. The molecule has 0 bridgehead atoms. The molecule has 1 aliphatic rings. The third-order valence-corrected chi connectivity index (χ3v) is 6.97. The molecule has 0 saturated carbocycles. The largest absolute Gasteiger partial charge is 0.462 e. The Kier molecular flexibility index (Phi) is 9.06. The summed E-state index contributed by atoms with van der Waals surface area (Å²) in [4.78, 5) is 37.9. The zero-order chi connectivity index (χ0) is 27.4. The van der Waals surface area contributed by atoms with E-state index in [1.807, 2.05) is 0 Å². The monoisotopic (exact) mass is 545 g/mol. The zero-order valence-corrected chi connectivity index (χ0v) is 21.7. The van der Waals surface area contributed by atoms with Gasteiger partial charge >= 0.3 is 19.4 Å². The number of aryl methyl sites for hydroxylation is 1. The first-order valence-electron chi connectivity index (χ1n) is 11.6. The summed E-state index contributed by atoms with van der Waals surface area (Å²) in [6.07, 6.45) is -2.90. The molecule has 0 aliphatic carbocycles. The maximum absolute atomic E-state index is 15.5. The second-order valence-corrected chi connectivity index (χ2v) is 10.7. The van der Waals surface area contributed by atoms with Crippen LogP contribution in [0.15, 0.2) is 46.1 Å². The highest BCUT2D eigenvalue weighted by atomic mass is 31.2. The number of hydrogen-bond acceptors (Lipinski definition) is 8. The predicted octanol–water partition coefficient (Wildman–Crippen LogP) is 2.77. The molecule has 3 rings (SSSR count). The van der Waals surface area contributed by atoms with Crippen molar-refractivity contribution in [3.05, 3.63) is 62.9 Å². The molecule has 2 N–H and O–H groups in total. The quantitative estimate of drug-likeness (QED) is 0.322. The summed E-state index contributed by atoms with van der Waals surface area (Å²) in [7, 11) is -4.45. The van der Waals surface area contributed by atoms with Crippen LogP contribution in [0, 0.1) is 6.92 Å². The van der Waals surface area contributed by atoms with Crippen LogP contribution in [0.4, 0.5) is 8.78 Å². The van der Waals surface area contributed by atoms with Crippen molar-refractivity contribution in [3.63, 3.8) is 0 Å². The van der Waals surface area contributed by atoms with Crippen LogP contribution in [0.3, 0.4) is 0 Å². The summed E-state index contributed by atoms with van der Waals surface area (Å²) < 4.78 is 65.8. The number of rotatable bonds is 11. The average molecular weight is 545 g/mol. The lowest BCUT2D eigenvalue weighted by atomic mass is 10.1. The van der Waals surface area contributed by atoms with Crippen LogP contribution in [0.1, 0.15) is 32.8 Å². The molecular weight excluding hydrogens is 515 g/mol. The minimum atomic E-state index is -4.45. The first kappa shape index (κ1) is 28.7. The van der Waals surface area contributed by atoms with Gasteiger partial charge in [0, 0.05) is 18.2 Å². The molecule has 0 unspecified atom stereocenters. The predicted molar refractivity (Wildman–Crippen MR) is 129 cm³/mol. The zero-order valence-electron chi connectivity index (χ0n) is 20.8. The van der Waals surface area contributed by atoms with Crippen molar-refractivity contribution in [2.75, 3.05) is 6.61 Å². The van der Waals surface area contributed by atoms with Crippen molar-refractivity contribution in [2.45, 2.75) is 70.9 Å². The number of aromatic nitrogens is 2. The maximum atomic E-state index is 15.5. The van der Waals surface area contributed by atoms with Crippen molar-refractivity contribution in [1.29, 1.82) is 0 Å². The summed E-state index contributed by atoms with van der Waals surface area (Å²) >= 11 is 0. The Balaban J connectivity index is 1.73. The van der Waals surface area contributed by atoms with Gasteiger partial charge in [0.05, 0.1) is 18.8 Å². The van der Waals surface area contributed by atoms with Gasteiger partial charge < -0.3 is 14.0 Å². The Morgan fingerprint density at radius 1 is 1.30 bits per heavy atom. The Labute approximate surface area is 211 Å². The van der Waals surface area contributed by atoms with Gasteiger partial charge in [-0.3, -0.25) is 23.7 Å². The van der Waals surface area contributed by atoms with Gasteiger partial charge in [0.15, 0.2) is 6.17 Å². The smallest absolute Gasteiger partial charge is 0.459 e. The van der Waals surface area contributed by atoms with Crippen molar-refractivity contribution in [2.24, 2.45) is 0 Å². The number of halogens is 2. The number of esters is 1. The fraction of sp³-hybridized carbons (Fsp3) is 0.522. The molecule has 11 nitrogen and oxygen atoms in total. The number of H-pyrrole nitrogens is 1. The molecule has 5 atom stereocenters. The van der Waals surface area contributed by atoms with Gasteiger partial charge in [0.1, 0.15) is 18.4 Å². The molecule has 2 heterocycles. The maximum Gasteiger partial charge on any atom is 0.459 e. The SMILES string of the molecule is Cc1cn(C[C@H]2C[C@H](F)[C@@](F)(CO[P@@](=O)(N[C@@H](C)C(=O)OC(C)C)Oc3ccccc3)O2)c(=O)[nH]c1=O. The second-order valence-electron chi connectivity index (χ2n) is 8.96. The fourth-order valence-electron chi connectivity index (χ4n) is 3.52. The molecule has 0 spiro atoms. The molecule has 1 aromatic heterocycles. The third kappa shape index (κ3) is 7.57. The summed E-state index contributed by atoms with van der Waals surface area (Å²) in [6.45, 7) is 4.71. The number of alkyl halides is 2. The molecule has 204 valence electrons. The number of carbonyl (C=O) groups is 1. The van der Waals surface area contributed by atoms with Gasteiger partial charge in [0.25, 0.3) is 11.4 Å². The van der Waals surface area contributed by atoms with Crippen LogP contribution in [-0.2, 0) is 29.9 Å². The normalized spacial score (nSPS) is 24.0. The lowest BCUT2D eigenvalue weighted by Gasteiger charge is -2.27. The van der Waals surface area contributed by atoms with Gasteiger partial charge in [0.2, 0.25) is 0 Å². The van der Waals surface area contributed by atoms with E-state index in [-0.39, 0.29) is 17.9 Å². The molecule has 2 aromatic rings. The van der Waals surface area contributed by atoms with E-state index in [4.69, 9.17) is 18.5 Å². The highest BCUT2D eigenvalue weighted by Crippen LogP contribution is 2.47. The minimum Gasteiger partial charge on any atom is -0.462 e. The third-order valence-electron chi connectivity index (χ3n) is 5.35. The number of carbonyl (C=O) groups excluding carboxylic acids is 1. The van der Waals surface area contributed by atoms with Crippen molar-refractivity contribution < 1.29 is 36.7 Å². The fourth-order valence-corrected chi connectivity index (χ4v) is 5.03. The van der Waals surface area contributed by atoms with E-state index in [9.17, 15) is 23.3 Å². The Morgan fingerprint density at radius 2 is 1.97 bits per heavy atom. The molecule has 1 aliphatic heterocycles. The molecule has 14 heteroatoms. The van der Waals surface area contributed by atoms with Gasteiger partial charge in [-0.25, -0.2) is 18.1 Å². The van der Waals surface area contributed by atoms with E-state index in [0.717, 1.165) is 4.57 Å². The Morgan fingerprint density at radius 3 is 2.62 bits per heavy atom. The van der Waals surface area contributed by atoms with E-state index in [1.165, 1.54) is 32.2 Å². The highest BCUT2D eigenvalue weighted by Gasteiger charge is 2.52. The number of nitrogens with one attached hydrogen (secondary N) is 2. The van der Waals surface area contributed by atoms with Gasteiger partial charge in [-0.2, -0.15) is 5.09 Å². The van der Waals surface area contributed by atoms with E-state index < -0.39 is 68.3 Å². The Bertz CT molecular complexity index is 1250. The van der Waals surface area contributed by atoms with Gasteiger partial charge in [-0.05, 0) is 39.8 Å². The van der Waals surface area contributed by atoms with Gasteiger partial charge in [-0.1, -0.05) is 18.2 Å². The van der Waals surface area contributed by atoms with E-state index >= 15 is 4.39 Å². The lowest BCUT2D eigenvalue weighted by molar-refractivity contribution is -0.180. The summed E-state index contributed by atoms with van der Waals surface area (Å²) in [5, 5.41) is 2.39. The van der Waals surface area contributed by atoms with Crippen molar-refractivity contribution in [1.82, 2.24) is 14.6 Å². The molecule has 37 heavy (non-hydrogen) atoms. The average Bonchev–Trinajstić information content (AvgIpc) is 3.09. The van der Waals surface area contributed by atoms with Gasteiger partial charge in [-0.15, -0.1) is 0 Å². The van der Waals surface area contributed by atoms with Crippen LogP contribution >= 0.6 is 7.75 Å². The van der Waals surface area contributed by atoms with Crippen LogP contribution in [0.25, 0.3) is 0 Å². The number of benzene rings is 1. The van der Waals surface area contributed by atoms with Crippen LogP contribution in [0.5, 0.6) is 5.75 Å². The second kappa shape index (κ2) is 11.7. The Hall–Kier alpha value is -2.86. The first-order valence-corrected chi connectivity index (χ1v) is 13.1. The molecule has 0 radical (unpaired) electrons. The van der Waals surface area contributed by atoms with Crippen LogP contribution in [0.2, 0.25) is 0 Å². The van der Waals surface area contributed by atoms with E-state index in [2.05, 4.69) is 10.1 Å². The number of hydrogen-bond donors (Lipinski definition) is 2. The molecule has 1 saturated heterocycles. The number of nitrogens with zero attached hydrogens (tertiary/aromatic N) is 1. The first-order chi connectivity index (χ1) is 17.3. The number of ether oxygens (including phenoxy) is 2. The van der Waals surface area contributed by atoms with Crippen LogP contribution in [-0.4, -0.2) is 52.4 Å². The summed E-state index contributed by atoms with van der Waals surface area (Å²) in [6, 6.07) is 6.61. The molecule has 1 aromatic carbocycles. The van der Waals surface area contributed by atoms with Crippen molar-refractivity contribution >= 4 is 13.7 Å². The summed E-state index contributed by atoms with van der Waals surface area (Å²) in [5.41, 5.74) is -1.09. The number of para-hydroxylation sites is 1. The standard InChI is InChI=1S/C23H30F2N3O8P/c1-14(2)34-21(30)16(4)27-37(32,36-17-8-6-5-7-9-17)33-13-23(25)19(24)10-18(35-23)12-28-11-15(3)20(29)26-22(28)31/h5-9,11,14,16,18-19H,10,12-13H2,1-4H3,(H,27,32)(H,26,29,31)/t16-,18+,19-,23+,37-/m0/s1. The van der Waals surface area contributed by atoms with Crippen molar-refractivity contribution in [3.8, 4) is 5.75 Å². The number of aromatic amines is 1. The van der Waals surface area contributed by atoms with E-state index in [0.29, 0.717) is 0 Å². The van der Waals surface area contributed by atoms with E-state index in [1.54, 1.807) is 32.0 Å². The highest BCUT2D eigenvalue weighted by molar-refractivity contribution is 7.52. The molecule has 0 amide bonds. The minimum absolute atomic E-state index is 0.0884. The molecule has 1 fully saturated rings. The van der Waals surface area contributed by atoms with Crippen LogP contribution < -0.4 is 20.9 Å². The topological polar surface area (TPSA) is 138 Å². The summed E-state index contributed by atoms with van der Waals surface area (Å²) in [5.74, 6) is -3.69.